The molecular formula is C33H53P. The molecule has 6 fully saturated rings. The van der Waals surface area contributed by atoms with Crippen LogP contribution in [0, 0.1) is 59.2 Å². The van der Waals surface area contributed by atoms with Crippen molar-refractivity contribution in [3.05, 3.63) is 12.2 Å². The molecule has 3 saturated carbocycles. The fraction of sp³-hybridized carbons (Fsp3) is 0.939. The van der Waals surface area contributed by atoms with Gasteiger partial charge in [0.2, 0.25) is 0 Å². The predicted molar refractivity (Wildman–Crippen MR) is 148 cm³/mol. The van der Waals surface area contributed by atoms with Crippen molar-refractivity contribution in [1.82, 2.24) is 0 Å². The van der Waals surface area contributed by atoms with Gasteiger partial charge in [0, 0.05) is 0 Å². The second-order valence-corrected chi connectivity index (χ2v) is 17.5. The molecule has 12 atom stereocenters. The Morgan fingerprint density at radius 2 is 1.29 bits per heavy atom. The van der Waals surface area contributed by atoms with Crippen LogP contribution in [0.4, 0.5) is 0 Å². The van der Waals surface area contributed by atoms with Crippen LogP contribution < -0.4 is 0 Å². The van der Waals surface area contributed by atoms with E-state index in [1.54, 1.807) is 89.9 Å². The Morgan fingerprint density at radius 1 is 0.618 bits per heavy atom. The number of rotatable bonds is 3. The van der Waals surface area contributed by atoms with Gasteiger partial charge in [-0.2, -0.15) is 0 Å². The molecule has 0 aromatic carbocycles. The lowest BCUT2D eigenvalue weighted by Crippen LogP contribution is -2.50. The smallest absolute Gasteiger partial charge is 0.0173 e. The fourth-order valence-corrected chi connectivity index (χ4v) is 17.0. The van der Waals surface area contributed by atoms with Gasteiger partial charge in [-0.25, -0.2) is 0 Å². The number of hydrogen-bond acceptors (Lipinski definition) is 0. The molecule has 7 rings (SSSR count). The summed E-state index contributed by atoms with van der Waals surface area (Å²) in [7, 11) is 0.422. The minimum Gasteiger partial charge on any atom is -0.0969 e. The lowest BCUT2D eigenvalue weighted by atomic mass is 9.48. The minimum atomic E-state index is 0.422. The molecule has 3 heterocycles. The molecule has 0 amide bonds. The highest BCUT2D eigenvalue weighted by Gasteiger charge is 2.53. The highest BCUT2D eigenvalue weighted by molar-refractivity contribution is 7.60. The summed E-state index contributed by atoms with van der Waals surface area (Å²) in [5.74, 6) is 10.4. The molecule has 7 aliphatic rings. The van der Waals surface area contributed by atoms with Crippen molar-refractivity contribution in [2.45, 2.75) is 134 Å². The molecule has 34 heavy (non-hydrogen) atoms. The molecule has 0 spiro atoms. The van der Waals surface area contributed by atoms with Gasteiger partial charge in [-0.1, -0.05) is 46.8 Å². The quantitative estimate of drug-likeness (QED) is 0.278. The zero-order chi connectivity index (χ0) is 22.8. The van der Waals surface area contributed by atoms with Gasteiger partial charge >= 0.3 is 0 Å². The predicted octanol–water partition coefficient (Wildman–Crippen LogP) is 9.67. The van der Waals surface area contributed by atoms with Crippen molar-refractivity contribution in [3.63, 3.8) is 0 Å². The SMILES string of the molecule is CCC1CCC2C(C3CCC(C4CCC5CCC6CCCC4P65)CC3)CCC3C=CC(C)C1C32. The van der Waals surface area contributed by atoms with E-state index in [1.165, 1.54) is 29.8 Å². The minimum absolute atomic E-state index is 0.422. The van der Waals surface area contributed by atoms with Crippen molar-refractivity contribution in [2.75, 3.05) is 0 Å². The second kappa shape index (κ2) is 9.48. The molecule has 0 N–H and O–H groups in total. The van der Waals surface area contributed by atoms with E-state index >= 15 is 0 Å². The first-order valence-corrected chi connectivity index (χ1v) is 17.7. The van der Waals surface area contributed by atoms with Gasteiger partial charge in [-0.15, -0.1) is 0 Å². The van der Waals surface area contributed by atoms with E-state index in [0.29, 0.717) is 7.92 Å². The zero-order valence-corrected chi connectivity index (χ0v) is 23.3. The van der Waals surface area contributed by atoms with Crippen LogP contribution in [0.1, 0.15) is 117 Å². The molecule has 3 aliphatic heterocycles. The van der Waals surface area contributed by atoms with Crippen LogP contribution in [-0.2, 0) is 0 Å². The summed E-state index contributed by atoms with van der Waals surface area (Å²) in [6, 6.07) is 0. The summed E-state index contributed by atoms with van der Waals surface area (Å²) < 4.78 is 0. The lowest BCUT2D eigenvalue weighted by Gasteiger charge is -2.57. The topological polar surface area (TPSA) is 0 Å². The van der Waals surface area contributed by atoms with Gasteiger partial charge in [0.25, 0.3) is 0 Å². The van der Waals surface area contributed by atoms with Crippen LogP contribution in [0.5, 0.6) is 0 Å². The molecule has 1 heteroatoms. The van der Waals surface area contributed by atoms with Crippen molar-refractivity contribution in [1.29, 1.82) is 0 Å². The Labute approximate surface area is 212 Å². The largest absolute Gasteiger partial charge is 0.0969 e. The van der Waals surface area contributed by atoms with E-state index < -0.39 is 0 Å². The molecule has 0 aromatic rings. The first kappa shape index (κ1) is 23.3. The highest BCUT2D eigenvalue weighted by Crippen LogP contribution is 2.70. The maximum absolute atomic E-state index is 2.70. The van der Waals surface area contributed by atoms with Gasteiger partial charge in [0.15, 0.2) is 0 Å². The first-order chi connectivity index (χ1) is 16.7. The van der Waals surface area contributed by atoms with Gasteiger partial charge in [0.05, 0.1) is 0 Å². The lowest BCUT2D eigenvalue weighted by molar-refractivity contribution is -0.0563. The second-order valence-electron chi connectivity index (χ2n) is 14.5. The van der Waals surface area contributed by atoms with Crippen LogP contribution in [-0.4, -0.2) is 17.0 Å². The van der Waals surface area contributed by atoms with Crippen LogP contribution >= 0.6 is 7.92 Å². The van der Waals surface area contributed by atoms with E-state index in [2.05, 4.69) is 26.0 Å². The van der Waals surface area contributed by atoms with Crippen LogP contribution in [0.2, 0.25) is 0 Å². The summed E-state index contributed by atoms with van der Waals surface area (Å²) in [5.41, 5.74) is 3.64. The van der Waals surface area contributed by atoms with Gasteiger partial charge in [-0.3, -0.25) is 0 Å². The highest BCUT2D eigenvalue weighted by atomic mass is 31.1. The third-order valence-electron chi connectivity index (χ3n) is 13.5. The molecule has 12 unspecified atom stereocenters. The summed E-state index contributed by atoms with van der Waals surface area (Å²) in [6.45, 7) is 5.05. The molecule has 0 nitrogen and oxygen atoms in total. The third-order valence-corrected chi connectivity index (χ3v) is 17.6. The Kier molecular flexibility index (Phi) is 6.50. The molecule has 0 aromatic heterocycles. The average Bonchev–Trinajstić information content (AvgIpc) is 3.31. The monoisotopic (exact) mass is 480 g/mol. The Balaban J connectivity index is 1.03. The van der Waals surface area contributed by atoms with Crippen molar-refractivity contribution in [2.24, 2.45) is 59.2 Å². The van der Waals surface area contributed by atoms with Crippen molar-refractivity contribution < 1.29 is 0 Å². The fourth-order valence-electron chi connectivity index (χ4n) is 12.2. The Hall–Kier alpha value is 0.170. The maximum Gasteiger partial charge on any atom is -0.0173 e. The first-order valence-electron chi connectivity index (χ1n) is 16.2. The van der Waals surface area contributed by atoms with Crippen LogP contribution in [0.3, 0.4) is 0 Å². The van der Waals surface area contributed by atoms with Gasteiger partial charge < -0.3 is 0 Å². The summed E-state index contributed by atoms with van der Waals surface area (Å²) >= 11 is 0. The Bertz CT molecular complexity index is 742. The standard InChI is InChI=1S/C33H53P/c1-3-22-13-19-30-28(18-14-25-8-7-21(2)32(22)33(25)30)23-9-11-24(12-10-23)29-20-17-27-16-15-26-5-4-6-31(29)34(26)27/h7-8,21-33H,3-6,9-20H2,1-2H3. The Morgan fingerprint density at radius 3 is 2.09 bits per heavy atom. The van der Waals surface area contributed by atoms with Crippen molar-refractivity contribution >= 4 is 7.92 Å². The van der Waals surface area contributed by atoms with E-state index in [9.17, 15) is 0 Å². The normalized spacial score (nSPS) is 56.5. The van der Waals surface area contributed by atoms with Crippen LogP contribution in [0.15, 0.2) is 12.2 Å². The molecule has 0 radical (unpaired) electrons. The van der Waals surface area contributed by atoms with Gasteiger partial charge in [-0.05, 0) is 166 Å². The third kappa shape index (κ3) is 3.76. The average molecular weight is 481 g/mol. The summed E-state index contributed by atoms with van der Waals surface area (Å²) in [4.78, 5) is 0. The van der Waals surface area contributed by atoms with E-state index in [1.807, 2.05) is 0 Å². The number of hydrogen-bond donors (Lipinski definition) is 0. The zero-order valence-electron chi connectivity index (χ0n) is 22.4. The molecule has 0 bridgehead atoms. The summed E-state index contributed by atoms with van der Waals surface area (Å²) in [5, 5.41) is 0. The number of allylic oxidation sites excluding steroid dienone is 2. The summed E-state index contributed by atoms with van der Waals surface area (Å²) in [6.07, 6.45) is 30.9. The van der Waals surface area contributed by atoms with E-state index in [0.717, 1.165) is 59.2 Å². The molecular weight excluding hydrogens is 427 g/mol. The van der Waals surface area contributed by atoms with E-state index in [-0.39, 0.29) is 0 Å². The molecule has 4 aliphatic carbocycles. The molecule has 3 saturated heterocycles. The van der Waals surface area contributed by atoms with Crippen LogP contribution in [0.25, 0.3) is 0 Å². The van der Waals surface area contributed by atoms with E-state index in [4.69, 9.17) is 0 Å². The maximum atomic E-state index is 2.70. The molecule has 190 valence electrons. The van der Waals surface area contributed by atoms with Gasteiger partial charge in [0.1, 0.15) is 0 Å². The van der Waals surface area contributed by atoms with Crippen molar-refractivity contribution in [3.8, 4) is 0 Å².